The van der Waals surface area contributed by atoms with E-state index in [2.05, 4.69) is 4.72 Å². The van der Waals surface area contributed by atoms with E-state index in [9.17, 15) is 18.0 Å². The summed E-state index contributed by atoms with van der Waals surface area (Å²) in [6, 6.07) is 5.36. The third-order valence-corrected chi connectivity index (χ3v) is 9.12. The lowest BCUT2D eigenvalue weighted by Gasteiger charge is -2.29. The van der Waals surface area contributed by atoms with Gasteiger partial charge in [0.2, 0.25) is 0 Å². The number of rotatable bonds is 5. The third kappa shape index (κ3) is 4.14. The number of amides is 1. The van der Waals surface area contributed by atoms with Crippen molar-refractivity contribution in [2.75, 3.05) is 25.0 Å². The van der Waals surface area contributed by atoms with Crippen molar-refractivity contribution in [3.05, 3.63) is 45.3 Å². The Balaban J connectivity index is 1.69. The van der Waals surface area contributed by atoms with E-state index < -0.39 is 22.1 Å². The van der Waals surface area contributed by atoms with Crippen molar-refractivity contribution in [3.8, 4) is 0 Å². The van der Waals surface area contributed by atoms with Gasteiger partial charge in [0.1, 0.15) is 6.10 Å². The van der Waals surface area contributed by atoms with Gasteiger partial charge in [-0.15, -0.1) is 11.3 Å². The van der Waals surface area contributed by atoms with Crippen LogP contribution >= 0.6 is 11.3 Å². The number of nitrogens with zero attached hydrogens (tertiary/aromatic N) is 1. The normalized spacial score (nSPS) is 18.3. The summed E-state index contributed by atoms with van der Waals surface area (Å²) in [6.07, 6.45) is 1.49. The molecule has 1 atom stereocenters. The first kappa shape index (κ1) is 22.8. The quantitative estimate of drug-likeness (QED) is 0.663. The summed E-state index contributed by atoms with van der Waals surface area (Å²) in [5, 5.41) is 0. The summed E-state index contributed by atoms with van der Waals surface area (Å²) in [4.78, 5) is 27.8. The molecule has 0 aliphatic carbocycles. The molecule has 32 heavy (non-hydrogen) atoms. The van der Waals surface area contributed by atoms with E-state index in [0.29, 0.717) is 42.1 Å². The maximum absolute atomic E-state index is 13.3. The number of hydrogen-bond donors (Lipinski definition) is 1. The van der Waals surface area contributed by atoms with Gasteiger partial charge in [-0.25, -0.2) is 13.2 Å². The molecule has 3 heterocycles. The molecule has 1 unspecified atom stereocenters. The highest BCUT2D eigenvalue weighted by Crippen LogP contribution is 2.38. The van der Waals surface area contributed by atoms with E-state index >= 15 is 0 Å². The number of ether oxygens (including phenoxy) is 2. The van der Waals surface area contributed by atoms with Crippen LogP contribution in [0, 0.1) is 13.8 Å². The molecule has 1 N–H and O–H groups in total. The van der Waals surface area contributed by atoms with Crippen LogP contribution in [-0.2, 0) is 37.3 Å². The minimum Gasteiger partial charge on any atom is -0.465 e. The molecule has 2 aromatic rings. The van der Waals surface area contributed by atoms with Gasteiger partial charge in [0, 0.05) is 18.0 Å². The monoisotopic (exact) mass is 478 g/mol. The Morgan fingerprint density at radius 3 is 2.75 bits per heavy atom. The summed E-state index contributed by atoms with van der Waals surface area (Å²) < 4.78 is 39.7. The second-order valence-electron chi connectivity index (χ2n) is 8.02. The highest BCUT2D eigenvalue weighted by Gasteiger charge is 2.37. The van der Waals surface area contributed by atoms with Crippen LogP contribution in [0.4, 0.5) is 5.69 Å². The lowest BCUT2D eigenvalue weighted by Crippen LogP contribution is -2.41. The molecule has 2 aliphatic heterocycles. The minimum absolute atomic E-state index is 0.0644. The standard InChI is InChI=1S/C22H26N2O6S2/c1-13-6-4-7-16(14(13)2)23-32(27,28)22-19(21(26)29-3)15-9-10-24(12-18(15)31-22)20(25)17-8-5-11-30-17/h4,6-7,17,23H,5,8-12H2,1-3H3. The van der Waals surface area contributed by atoms with Crippen molar-refractivity contribution in [1.29, 1.82) is 0 Å². The molecule has 0 radical (unpaired) electrons. The highest BCUT2D eigenvalue weighted by atomic mass is 32.2. The fourth-order valence-electron chi connectivity index (χ4n) is 4.09. The molecule has 4 rings (SSSR count). The summed E-state index contributed by atoms with van der Waals surface area (Å²) in [7, 11) is -2.81. The Morgan fingerprint density at radius 1 is 1.28 bits per heavy atom. The minimum atomic E-state index is -4.05. The SMILES string of the molecule is COC(=O)c1c(S(=O)(=O)Nc2cccc(C)c2C)sc2c1CCN(C(=O)C1CCCO1)C2. The summed E-state index contributed by atoms with van der Waals surface area (Å²) >= 11 is 1.02. The van der Waals surface area contributed by atoms with E-state index in [-0.39, 0.29) is 22.2 Å². The number of carbonyl (C=O) groups is 2. The first-order valence-electron chi connectivity index (χ1n) is 10.4. The summed E-state index contributed by atoms with van der Waals surface area (Å²) in [5.74, 6) is -0.776. The fraction of sp³-hybridized carbons (Fsp3) is 0.455. The number of carbonyl (C=O) groups excluding carboxylic acids is 2. The number of fused-ring (bicyclic) bond motifs is 1. The number of anilines is 1. The summed E-state index contributed by atoms with van der Waals surface area (Å²) in [6.45, 7) is 4.96. The number of methoxy groups -OCH3 is 1. The number of aryl methyl sites for hydroxylation is 1. The van der Waals surface area contributed by atoms with Gasteiger partial charge in [0.15, 0.2) is 4.21 Å². The lowest BCUT2D eigenvalue weighted by atomic mass is 10.0. The van der Waals surface area contributed by atoms with Gasteiger partial charge in [-0.1, -0.05) is 12.1 Å². The van der Waals surface area contributed by atoms with Crippen molar-refractivity contribution in [2.45, 2.75) is 50.0 Å². The number of hydrogen-bond acceptors (Lipinski definition) is 7. The summed E-state index contributed by atoms with van der Waals surface area (Å²) in [5.41, 5.74) is 2.92. The smallest absolute Gasteiger partial charge is 0.340 e. The van der Waals surface area contributed by atoms with Crippen LogP contribution in [-0.4, -0.2) is 51.6 Å². The Morgan fingerprint density at radius 2 is 2.06 bits per heavy atom. The molecule has 1 aromatic carbocycles. The van der Waals surface area contributed by atoms with Crippen LogP contribution < -0.4 is 4.72 Å². The largest absolute Gasteiger partial charge is 0.465 e. The average Bonchev–Trinajstić information content (AvgIpc) is 3.43. The van der Waals surface area contributed by atoms with Crippen LogP contribution in [0.5, 0.6) is 0 Å². The van der Waals surface area contributed by atoms with E-state index in [4.69, 9.17) is 9.47 Å². The molecule has 1 saturated heterocycles. The van der Waals surface area contributed by atoms with Crippen LogP contribution in [0.15, 0.2) is 22.4 Å². The fourth-order valence-corrected chi connectivity index (χ4v) is 7.12. The molecular weight excluding hydrogens is 452 g/mol. The Hall–Kier alpha value is -2.43. The first-order chi connectivity index (χ1) is 15.2. The maximum atomic E-state index is 13.3. The van der Waals surface area contributed by atoms with Crippen molar-refractivity contribution in [1.82, 2.24) is 4.90 Å². The van der Waals surface area contributed by atoms with E-state index in [1.165, 1.54) is 7.11 Å². The van der Waals surface area contributed by atoms with E-state index in [0.717, 1.165) is 28.9 Å². The molecule has 172 valence electrons. The molecule has 1 aromatic heterocycles. The van der Waals surface area contributed by atoms with Crippen LogP contribution in [0.25, 0.3) is 0 Å². The number of sulfonamides is 1. The van der Waals surface area contributed by atoms with Gasteiger partial charge in [-0.05, 0) is 55.9 Å². The van der Waals surface area contributed by atoms with Crippen molar-refractivity contribution >= 4 is 38.9 Å². The van der Waals surface area contributed by atoms with Crippen molar-refractivity contribution in [3.63, 3.8) is 0 Å². The second-order valence-corrected chi connectivity index (χ2v) is 11.0. The number of thiophene rings is 1. The van der Waals surface area contributed by atoms with Gasteiger partial charge in [-0.2, -0.15) is 0 Å². The third-order valence-electron chi connectivity index (χ3n) is 6.02. The topological polar surface area (TPSA) is 102 Å². The van der Waals surface area contributed by atoms with E-state index in [1.54, 1.807) is 17.0 Å². The second kappa shape index (κ2) is 8.84. The first-order valence-corrected chi connectivity index (χ1v) is 12.7. The Labute approximate surface area is 191 Å². The van der Waals surface area contributed by atoms with Crippen LogP contribution in [0.1, 0.15) is 44.8 Å². The number of benzene rings is 1. The molecule has 0 saturated carbocycles. The zero-order valence-electron chi connectivity index (χ0n) is 18.3. The highest BCUT2D eigenvalue weighted by molar-refractivity contribution is 7.94. The predicted molar refractivity (Wildman–Crippen MR) is 120 cm³/mol. The molecule has 1 amide bonds. The van der Waals surface area contributed by atoms with E-state index in [1.807, 2.05) is 19.9 Å². The zero-order valence-corrected chi connectivity index (χ0v) is 19.9. The van der Waals surface area contributed by atoms with Crippen molar-refractivity contribution in [2.24, 2.45) is 0 Å². The van der Waals surface area contributed by atoms with Gasteiger partial charge in [0.05, 0.1) is 24.9 Å². The molecule has 2 aliphatic rings. The lowest BCUT2D eigenvalue weighted by molar-refractivity contribution is -0.141. The Kier molecular flexibility index (Phi) is 6.28. The van der Waals surface area contributed by atoms with Gasteiger partial charge in [-0.3, -0.25) is 9.52 Å². The van der Waals surface area contributed by atoms with Crippen LogP contribution in [0.2, 0.25) is 0 Å². The van der Waals surface area contributed by atoms with Gasteiger partial charge >= 0.3 is 5.97 Å². The molecule has 1 fully saturated rings. The molecule has 8 nitrogen and oxygen atoms in total. The van der Waals surface area contributed by atoms with Crippen LogP contribution in [0.3, 0.4) is 0 Å². The number of nitrogens with one attached hydrogen (secondary N) is 1. The average molecular weight is 479 g/mol. The molecular formula is C22H26N2O6S2. The zero-order chi connectivity index (χ0) is 23.0. The maximum Gasteiger partial charge on any atom is 0.340 e. The van der Waals surface area contributed by atoms with Gasteiger partial charge in [0.25, 0.3) is 15.9 Å². The van der Waals surface area contributed by atoms with Gasteiger partial charge < -0.3 is 14.4 Å². The molecule has 0 bridgehead atoms. The Bertz CT molecular complexity index is 1170. The predicted octanol–water partition coefficient (Wildman–Crippen LogP) is 3.02. The molecule has 10 heteroatoms. The molecule has 0 spiro atoms. The van der Waals surface area contributed by atoms with Crippen molar-refractivity contribution < 1.29 is 27.5 Å². The number of esters is 1.